The molecule has 0 atom stereocenters. The van der Waals surface area contributed by atoms with E-state index in [9.17, 15) is 14.0 Å². The zero-order valence-electron chi connectivity index (χ0n) is 10.7. The maximum Gasteiger partial charge on any atom is 0.335 e. The molecule has 21 heavy (non-hydrogen) atoms. The van der Waals surface area contributed by atoms with Crippen LogP contribution in [0.25, 0.3) is 0 Å². The Morgan fingerprint density at radius 1 is 1.29 bits per heavy atom. The molecule has 2 amide bonds. The van der Waals surface area contributed by atoms with Crippen LogP contribution < -0.4 is 10.6 Å². The second-order valence-corrected chi connectivity index (χ2v) is 4.01. The Bertz CT molecular complexity index is 664. The fourth-order valence-electron chi connectivity index (χ4n) is 1.51. The second kappa shape index (κ2) is 6.42. The number of rotatable bonds is 4. The highest BCUT2D eigenvalue weighted by Crippen LogP contribution is 2.16. The molecular formula is C13H11FN4O3. The Labute approximate surface area is 118 Å². The van der Waals surface area contributed by atoms with Crippen LogP contribution in [-0.2, 0) is 6.54 Å². The number of amides is 2. The van der Waals surface area contributed by atoms with Crippen molar-refractivity contribution in [2.24, 2.45) is 0 Å². The van der Waals surface area contributed by atoms with Crippen molar-refractivity contribution in [2.75, 3.05) is 5.32 Å². The number of carbonyl (C=O) groups is 2. The molecule has 7 nitrogen and oxygen atoms in total. The van der Waals surface area contributed by atoms with E-state index in [0.717, 1.165) is 18.2 Å². The number of urea groups is 1. The average molecular weight is 290 g/mol. The predicted molar refractivity (Wildman–Crippen MR) is 71.2 cm³/mol. The summed E-state index contributed by atoms with van der Waals surface area (Å²) in [6.45, 7) is 0.134. The fraction of sp³-hybridized carbons (Fsp3) is 0.0769. The summed E-state index contributed by atoms with van der Waals surface area (Å²) >= 11 is 0. The lowest BCUT2D eigenvalue weighted by Gasteiger charge is -2.08. The third kappa shape index (κ3) is 3.96. The first kappa shape index (κ1) is 14.4. The van der Waals surface area contributed by atoms with Gasteiger partial charge in [-0.15, -0.1) is 0 Å². The molecule has 0 fully saturated rings. The minimum Gasteiger partial charge on any atom is -0.478 e. The summed E-state index contributed by atoms with van der Waals surface area (Å²) in [7, 11) is 0. The van der Waals surface area contributed by atoms with Crippen LogP contribution in [0, 0.1) is 5.82 Å². The summed E-state index contributed by atoms with van der Waals surface area (Å²) < 4.78 is 13.5. The van der Waals surface area contributed by atoms with E-state index >= 15 is 0 Å². The first-order chi connectivity index (χ1) is 10.1. The van der Waals surface area contributed by atoms with Gasteiger partial charge in [0.1, 0.15) is 12.1 Å². The number of anilines is 1. The summed E-state index contributed by atoms with van der Waals surface area (Å²) in [5.41, 5.74) is 0.248. The number of aromatic nitrogens is 2. The molecule has 0 spiro atoms. The van der Waals surface area contributed by atoms with Crippen molar-refractivity contribution in [1.82, 2.24) is 15.3 Å². The highest BCUT2D eigenvalue weighted by Gasteiger charge is 2.11. The largest absolute Gasteiger partial charge is 0.478 e. The molecule has 0 aliphatic carbocycles. The molecule has 0 aliphatic rings. The van der Waals surface area contributed by atoms with Crippen molar-refractivity contribution in [3.8, 4) is 0 Å². The van der Waals surface area contributed by atoms with Gasteiger partial charge in [-0.25, -0.2) is 23.9 Å². The molecule has 3 N–H and O–H groups in total. The molecule has 0 unspecified atom stereocenters. The Morgan fingerprint density at radius 3 is 2.76 bits per heavy atom. The van der Waals surface area contributed by atoms with Gasteiger partial charge in [0, 0.05) is 6.20 Å². The van der Waals surface area contributed by atoms with Gasteiger partial charge in [0.2, 0.25) is 0 Å². The number of nitrogens with zero attached hydrogens (tertiary/aromatic N) is 2. The van der Waals surface area contributed by atoms with E-state index in [1.165, 1.54) is 12.5 Å². The Kier molecular flexibility index (Phi) is 4.39. The van der Waals surface area contributed by atoms with Crippen LogP contribution in [0.5, 0.6) is 0 Å². The van der Waals surface area contributed by atoms with E-state index in [1.807, 2.05) is 0 Å². The van der Waals surface area contributed by atoms with Crippen LogP contribution in [0.3, 0.4) is 0 Å². The minimum absolute atomic E-state index is 0.123. The zero-order valence-corrected chi connectivity index (χ0v) is 10.7. The molecule has 1 aromatic heterocycles. The number of benzene rings is 1. The van der Waals surface area contributed by atoms with Gasteiger partial charge in [0.15, 0.2) is 0 Å². The number of hydrogen-bond donors (Lipinski definition) is 3. The number of carbonyl (C=O) groups excluding carboxylic acids is 1. The second-order valence-electron chi connectivity index (χ2n) is 4.01. The summed E-state index contributed by atoms with van der Waals surface area (Å²) in [5, 5.41) is 13.5. The van der Waals surface area contributed by atoms with Crippen molar-refractivity contribution in [3.05, 3.63) is 53.9 Å². The van der Waals surface area contributed by atoms with Gasteiger partial charge in [-0.3, -0.25) is 0 Å². The molecule has 0 radical (unpaired) electrons. The summed E-state index contributed by atoms with van der Waals surface area (Å²) in [6.07, 6.45) is 2.86. The lowest BCUT2D eigenvalue weighted by molar-refractivity contribution is 0.0697. The molecule has 0 bridgehead atoms. The van der Waals surface area contributed by atoms with Crippen molar-refractivity contribution < 1.29 is 19.1 Å². The monoisotopic (exact) mass is 290 g/mol. The van der Waals surface area contributed by atoms with Crippen LogP contribution in [0.4, 0.5) is 14.9 Å². The summed E-state index contributed by atoms with van der Waals surface area (Å²) in [4.78, 5) is 30.1. The van der Waals surface area contributed by atoms with Crippen molar-refractivity contribution in [3.63, 3.8) is 0 Å². The zero-order chi connectivity index (χ0) is 15.2. The van der Waals surface area contributed by atoms with Gasteiger partial charge in [0.05, 0.1) is 23.5 Å². The maximum absolute atomic E-state index is 13.5. The van der Waals surface area contributed by atoms with E-state index in [0.29, 0.717) is 5.69 Å². The van der Waals surface area contributed by atoms with Gasteiger partial charge in [0.25, 0.3) is 0 Å². The van der Waals surface area contributed by atoms with Crippen molar-refractivity contribution >= 4 is 17.7 Å². The number of aromatic carboxylic acids is 1. The van der Waals surface area contributed by atoms with Gasteiger partial charge in [-0.05, 0) is 24.3 Å². The molecular weight excluding hydrogens is 279 g/mol. The summed E-state index contributed by atoms with van der Waals surface area (Å²) in [6, 6.07) is 4.08. The third-order valence-corrected chi connectivity index (χ3v) is 2.53. The van der Waals surface area contributed by atoms with Gasteiger partial charge >= 0.3 is 12.0 Å². The lowest BCUT2D eigenvalue weighted by Crippen LogP contribution is -2.29. The quantitative estimate of drug-likeness (QED) is 0.794. The van der Waals surface area contributed by atoms with Crippen LogP contribution in [0.15, 0.2) is 36.8 Å². The number of nitrogens with one attached hydrogen (secondary N) is 2. The third-order valence-electron chi connectivity index (χ3n) is 2.53. The Morgan fingerprint density at radius 2 is 2.10 bits per heavy atom. The highest BCUT2D eigenvalue weighted by molar-refractivity contribution is 5.93. The van der Waals surface area contributed by atoms with Crippen molar-refractivity contribution in [1.29, 1.82) is 0 Å². The smallest absolute Gasteiger partial charge is 0.335 e. The lowest BCUT2D eigenvalue weighted by atomic mass is 10.2. The number of carboxylic acids is 1. The van der Waals surface area contributed by atoms with Crippen LogP contribution in [-0.4, -0.2) is 27.1 Å². The molecule has 0 saturated heterocycles. The van der Waals surface area contributed by atoms with Gasteiger partial charge in [-0.1, -0.05) is 0 Å². The topological polar surface area (TPSA) is 104 Å². The molecule has 0 aliphatic heterocycles. The normalized spacial score (nSPS) is 9.95. The summed E-state index contributed by atoms with van der Waals surface area (Å²) in [5.74, 6) is -1.93. The van der Waals surface area contributed by atoms with E-state index < -0.39 is 17.8 Å². The van der Waals surface area contributed by atoms with E-state index in [1.54, 1.807) is 6.07 Å². The first-order valence-corrected chi connectivity index (χ1v) is 5.89. The number of hydrogen-bond acceptors (Lipinski definition) is 4. The van der Waals surface area contributed by atoms with Crippen molar-refractivity contribution in [2.45, 2.75) is 6.54 Å². The predicted octanol–water partition coefficient (Wildman–Crippen LogP) is 1.64. The highest BCUT2D eigenvalue weighted by atomic mass is 19.1. The Hall–Kier alpha value is -3.03. The minimum atomic E-state index is -1.21. The van der Waals surface area contributed by atoms with E-state index in [2.05, 4.69) is 20.6 Å². The van der Waals surface area contributed by atoms with Crippen LogP contribution >= 0.6 is 0 Å². The number of carboxylic acid groups (broad SMARTS) is 1. The fourth-order valence-corrected chi connectivity index (χ4v) is 1.51. The molecule has 2 rings (SSSR count). The SMILES string of the molecule is O=C(NCc1ccncn1)Nc1cc(C(=O)O)ccc1F. The van der Waals surface area contributed by atoms with Crippen LogP contribution in [0.2, 0.25) is 0 Å². The van der Waals surface area contributed by atoms with Crippen LogP contribution in [0.1, 0.15) is 16.1 Å². The van der Waals surface area contributed by atoms with E-state index in [-0.39, 0.29) is 17.8 Å². The standard InChI is InChI=1S/C13H11FN4O3/c14-10-2-1-8(12(19)20)5-11(10)18-13(21)16-6-9-3-4-15-7-17-9/h1-5,7H,6H2,(H,19,20)(H2,16,18,21). The molecule has 1 aromatic carbocycles. The molecule has 8 heteroatoms. The average Bonchev–Trinajstić information content (AvgIpc) is 2.48. The molecule has 1 heterocycles. The first-order valence-electron chi connectivity index (χ1n) is 5.89. The molecule has 0 saturated carbocycles. The van der Waals surface area contributed by atoms with Gasteiger partial charge < -0.3 is 15.7 Å². The Balaban J connectivity index is 1.99. The van der Waals surface area contributed by atoms with E-state index in [4.69, 9.17) is 5.11 Å². The molecule has 2 aromatic rings. The van der Waals surface area contributed by atoms with Gasteiger partial charge in [-0.2, -0.15) is 0 Å². The maximum atomic E-state index is 13.5. The molecule has 108 valence electrons. The number of halogens is 1.